The maximum absolute atomic E-state index is 12.8. The van der Waals surface area contributed by atoms with Gasteiger partial charge in [0.15, 0.2) is 5.82 Å². The Morgan fingerprint density at radius 1 is 1.07 bits per heavy atom. The number of nitrogens with two attached hydrogens (primary N) is 1. The molecule has 2 aromatic rings. The van der Waals surface area contributed by atoms with Gasteiger partial charge in [-0.05, 0) is 57.6 Å². The molecule has 0 aliphatic carbocycles. The Morgan fingerprint density at radius 3 is 2.28 bits per heavy atom. The Balaban J connectivity index is 0.000000290. The molecule has 0 amide bonds. The molecule has 3 N–H and O–H groups in total. The van der Waals surface area contributed by atoms with Crippen LogP contribution in [0.3, 0.4) is 0 Å². The van der Waals surface area contributed by atoms with Crippen molar-refractivity contribution in [3.05, 3.63) is 34.4 Å². The molecule has 0 unspecified atom stereocenters. The number of fused-ring (bicyclic) bond motifs is 1. The van der Waals surface area contributed by atoms with Gasteiger partial charge < -0.3 is 20.5 Å². The third-order valence-electron chi connectivity index (χ3n) is 5.17. The number of anilines is 1. The summed E-state index contributed by atoms with van der Waals surface area (Å²) in [5.74, 6) is -0.277. The number of aromatic nitrogens is 2. The molecule has 0 bridgehead atoms. The first-order valence-corrected chi connectivity index (χ1v) is 9.50. The van der Waals surface area contributed by atoms with Crippen molar-refractivity contribution in [3.63, 3.8) is 0 Å². The van der Waals surface area contributed by atoms with Crippen LogP contribution in [0, 0.1) is 6.92 Å². The molecule has 1 saturated heterocycles. The molecule has 0 saturated carbocycles. The van der Waals surface area contributed by atoms with Crippen LogP contribution < -0.4 is 5.73 Å². The lowest BCUT2D eigenvalue weighted by atomic mass is 9.96. The predicted octanol–water partition coefficient (Wildman–Crippen LogP) is 3.89. The summed E-state index contributed by atoms with van der Waals surface area (Å²) in [7, 11) is 2.19. The molecular weight excluding hydrogens is 385 g/mol. The van der Waals surface area contributed by atoms with Crippen molar-refractivity contribution in [2.45, 2.75) is 45.6 Å². The summed E-state index contributed by atoms with van der Waals surface area (Å²) in [6.45, 7) is 4.61. The summed E-state index contributed by atoms with van der Waals surface area (Å²) in [6, 6.07) is 1.65. The molecule has 9 heteroatoms. The van der Waals surface area contributed by atoms with E-state index in [9.17, 15) is 18.3 Å². The standard InChI is InChI=1S/C14H12F3N3O2.C6H13N/c1-6-2-7(14(15,16)17)3-10(21)11(6)12-8-4-22-5-9(8)13(18)20-19-12;1-7-5-3-2-4-6-7/h2-3,21H,4-5H2,1H3,(H2,18,20);2-6H2,1H3. The number of phenolic OH excluding ortho intramolecular Hbond substituents is 1. The van der Waals surface area contributed by atoms with Crippen LogP contribution in [-0.2, 0) is 24.1 Å². The lowest BCUT2D eigenvalue weighted by Crippen LogP contribution is -2.24. The van der Waals surface area contributed by atoms with Gasteiger partial charge in [0.2, 0.25) is 0 Å². The quantitative estimate of drug-likeness (QED) is 0.742. The second-order valence-electron chi connectivity index (χ2n) is 7.43. The van der Waals surface area contributed by atoms with Crippen LogP contribution in [0.1, 0.15) is 41.5 Å². The molecule has 0 atom stereocenters. The van der Waals surface area contributed by atoms with Crippen LogP contribution in [0.2, 0.25) is 0 Å². The number of phenols is 1. The molecule has 29 heavy (non-hydrogen) atoms. The summed E-state index contributed by atoms with van der Waals surface area (Å²) < 4.78 is 43.6. The smallest absolute Gasteiger partial charge is 0.416 e. The molecule has 0 spiro atoms. The average Bonchev–Trinajstić information content (AvgIpc) is 3.14. The molecule has 2 aliphatic rings. The highest BCUT2D eigenvalue weighted by Gasteiger charge is 2.33. The van der Waals surface area contributed by atoms with Crippen molar-refractivity contribution in [2.75, 3.05) is 25.9 Å². The Kier molecular flexibility index (Phi) is 6.28. The second-order valence-corrected chi connectivity index (χ2v) is 7.43. The van der Waals surface area contributed by atoms with Gasteiger partial charge in [-0.15, -0.1) is 10.2 Å². The first-order valence-electron chi connectivity index (χ1n) is 9.50. The number of ether oxygens (including phenoxy) is 1. The topological polar surface area (TPSA) is 84.5 Å². The molecule has 2 aliphatic heterocycles. The number of nitrogen functional groups attached to an aromatic ring is 1. The van der Waals surface area contributed by atoms with Crippen molar-refractivity contribution < 1.29 is 23.0 Å². The molecule has 158 valence electrons. The first kappa shape index (κ1) is 21.3. The second kappa shape index (κ2) is 8.54. The Bertz CT molecular complexity index is 858. The van der Waals surface area contributed by atoms with Crippen LogP contribution in [0.4, 0.5) is 19.0 Å². The lowest BCUT2D eigenvalue weighted by Gasteiger charge is -2.20. The zero-order valence-corrected chi connectivity index (χ0v) is 16.5. The van der Waals surface area contributed by atoms with E-state index < -0.39 is 17.5 Å². The predicted molar refractivity (Wildman–Crippen MR) is 103 cm³/mol. The van der Waals surface area contributed by atoms with Gasteiger partial charge in [-0.3, -0.25) is 0 Å². The van der Waals surface area contributed by atoms with Gasteiger partial charge in [-0.2, -0.15) is 13.2 Å². The van der Waals surface area contributed by atoms with Crippen molar-refractivity contribution in [1.82, 2.24) is 15.1 Å². The van der Waals surface area contributed by atoms with Gasteiger partial charge >= 0.3 is 6.18 Å². The number of nitrogens with zero attached hydrogens (tertiary/aromatic N) is 3. The minimum absolute atomic E-state index is 0.210. The monoisotopic (exact) mass is 410 g/mol. The third-order valence-corrected chi connectivity index (χ3v) is 5.17. The number of aryl methyl sites for hydroxylation is 1. The lowest BCUT2D eigenvalue weighted by molar-refractivity contribution is -0.137. The fourth-order valence-corrected chi connectivity index (χ4v) is 3.59. The van der Waals surface area contributed by atoms with E-state index in [2.05, 4.69) is 22.1 Å². The van der Waals surface area contributed by atoms with E-state index in [0.717, 1.165) is 6.07 Å². The van der Waals surface area contributed by atoms with E-state index in [1.54, 1.807) is 0 Å². The van der Waals surface area contributed by atoms with Crippen LogP contribution in [0.15, 0.2) is 12.1 Å². The van der Waals surface area contributed by atoms with Gasteiger partial charge in [-0.25, -0.2) is 0 Å². The van der Waals surface area contributed by atoms with E-state index in [0.29, 0.717) is 22.9 Å². The molecule has 4 rings (SSSR count). The number of piperidine rings is 1. The van der Waals surface area contributed by atoms with Crippen LogP contribution in [0.5, 0.6) is 5.75 Å². The zero-order chi connectivity index (χ0) is 21.2. The maximum Gasteiger partial charge on any atom is 0.416 e. The van der Waals surface area contributed by atoms with Crippen LogP contribution >= 0.6 is 0 Å². The Labute approximate surface area is 167 Å². The fraction of sp³-hybridized carbons (Fsp3) is 0.500. The summed E-state index contributed by atoms with van der Waals surface area (Å²) in [5.41, 5.74) is 6.85. The zero-order valence-electron chi connectivity index (χ0n) is 16.5. The van der Waals surface area contributed by atoms with E-state index in [-0.39, 0.29) is 30.2 Å². The molecule has 1 aromatic carbocycles. The van der Waals surface area contributed by atoms with Gasteiger partial charge in [0.05, 0.1) is 18.8 Å². The van der Waals surface area contributed by atoms with Crippen molar-refractivity contribution in [1.29, 1.82) is 0 Å². The first-order chi connectivity index (χ1) is 13.7. The normalized spacial score (nSPS) is 16.9. The molecular formula is C20H25F3N4O2. The number of benzene rings is 1. The largest absolute Gasteiger partial charge is 0.507 e. The molecule has 6 nitrogen and oxygen atoms in total. The van der Waals surface area contributed by atoms with Crippen molar-refractivity contribution in [2.24, 2.45) is 0 Å². The van der Waals surface area contributed by atoms with E-state index in [4.69, 9.17) is 10.5 Å². The molecule has 3 heterocycles. The number of likely N-dealkylation sites (tertiary alicyclic amines) is 1. The van der Waals surface area contributed by atoms with Gasteiger partial charge in [0, 0.05) is 16.7 Å². The summed E-state index contributed by atoms with van der Waals surface area (Å²) in [6.07, 6.45) is -0.254. The number of alkyl halides is 3. The SMILES string of the molecule is CN1CCCCC1.Cc1cc(C(F)(F)F)cc(O)c1-c1nnc(N)c2c1COC2. The minimum atomic E-state index is -4.53. The summed E-state index contributed by atoms with van der Waals surface area (Å²) >= 11 is 0. The fourth-order valence-electron chi connectivity index (χ4n) is 3.59. The van der Waals surface area contributed by atoms with E-state index >= 15 is 0 Å². The third kappa shape index (κ3) is 4.79. The number of hydrogen-bond donors (Lipinski definition) is 2. The van der Waals surface area contributed by atoms with E-state index in [1.807, 2.05) is 0 Å². The Hall–Kier alpha value is -2.39. The van der Waals surface area contributed by atoms with Crippen molar-refractivity contribution in [3.8, 4) is 17.0 Å². The average molecular weight is 410 g/mol. The highest BCUT2D eigenvalue weighted by atomic mass is 19.4. The van der Waals surface area contributed by atoms with Gasteiger partial charge in [0.1, 0.15) is 11.4 Å². The van der Waals surface area contributed by atoms with Gasteiger partial charge in [-0.1, -0.05) is 6.42 Å². The van der Waals surface area contributed by atoms with Gasteiger partial charge in [0.25, 0.3) is 0 Å². The number of aromatic hydroxyl groups is 1. The maximum atomic E-state index is 12.8. The van der Waals surface area contributed by atoms with Crippen LogP contribution in [0.25, 0.3) is 11.3 Å². The number of rotatable bonds is 1. The summed E-state index contributed by atoms with van der Waals surface area (Å²) in [5, 5.41) is 17.8. The van der Waals surface area contributed by atoms with Crippen molar-refractivity contribution >= 4 is 5.82 Å². The molecule has 1 fully saturated rings. The number of halogens is 3. The summed E-state index contributed by atoms with van der Waals surface area (Å²) in [4.78, 5) is 2.39. The molecule has 0 radical (unpaired) electrons. The highest BCUT2D eigenvalue weighted by molar-refractivity contribution is 5.75. The highest BCUT2D eigenvalue weighted by Crippen LogP contribution is 2.41. The number of hydrogen-bond acceptors (Lipinski definition) is 6. The minimum Gasteiger partial charge on any atom is -0.507 e. The Morgan fingerprint density at radius 2 is 1.72 bits per heavy atom. The van der Waals surface area contributed by atoms with Crippen LogP contribution in [-0.4, -0.2) is 40.3 Å². The van der Waals surface area contributed by atoms with E-state index in [1.165, 1.54) is 39.3 Å². The molecule has 1 aromatic heterocycles.